The molecule has 0 spiro atoms. The van der Waals surface area contributed by atoms with Gasteiger partial charge in [0.1, 0.15) is 17.3 Å². The van der Waals surface area contributed by atoms with Crippen LogP contribution in [-0.2, 0) is 0 Å². The van der Waals surface area contributed by atoms with Gasteiger partial charge in [-0.05, 0) is 25.1 Å². The maximum atomic E-state index is 13.5. The predicted molar refractivity (Wildman–Crippen MR) is 79.8 cm³/mol. The highest BCUT2D eigenvalue weighted by Gasteiger charge is 2.13. The first-order valence-corrected chi connectivity index (χ1v) is 6.46. The average molecular weight is 304 g/mol. The van der Waals surface area contributed by atoms with E-state index in [4.69, 9.17) is 0 Å². The van der Waals surface area contributed by atoms with Crippen LogP contribution in [0, 0.1) is 18.6 Å². The van der Waals surface area contributed by atoms with Gasteiger partial charge >= 0.3 is 0 Å². The molecule has 5 nitrogen and oxygen atoms in total. The van der Waals surface area contributed by atoms with Crippen LogP contribution in [0.1, 0.15) is 16.2 Å². The number of aryl methyl sites for hydroxylation is 1. The fourth-order valence-corrected chi connectivity index (χ4v) is 1.70. The molecule has 1 amide bonds. The summed E-state index contributed by atoms with van der Waals surface area (Å²) < 4.78 is 26.4. The number of hydrogen-bond donors (Lipinski definition) is 2. The zero-order valence-electron chi connectivity index (χ0n) is 11.9. The number of nitrogens with zero attached hydrogens (tertiary/aromatic N) is 2. The van der Waals surface area contributed by atoms with Crippen LogP contribution in [-0.4, -0.2) is 22.4 Å². The second-order valence-corrected chi connectivity index (χ2v) is 4.47. The number of amides is 1. The number of hydrogen-bond acceptors (Lipinski definition) is 4. The maximum Gasteiger partial charge on any atom is 0.274 e. The summed E-state index contributed by atoms with van der Waals surface area (Å²) in [6.07, 6.45) is 1.62. The molecule has 1 aromatic heterocycles. The summed E-state index contributed by atoms with van der Waals surface area (Å²) in [6, 6.07) is 4.36. The minimum atomic E-state index is -0.857. The molecule has 0 aliphatic heterocycles. The van der Waals surface area contributed by atoms with E-state index in [2.05, 4.69) is 27.2 Å². The molecule has 0 aliphatic carbocycles. The number of rotatable bonds is 5. The number of carbonyl (C=O) groups excluding carboxylic acids is 1. The molecule has 0 unspecified atom stereocenters. The standard InChI is InChI=1S/C15H14F2N4O/c1-3-6-18-15-19-9(2)7-13(21-15)14(22)20-12-5-4-10(16)8-11(12)17/h3-5,7-8H,1,6H2,2H3,(H,20,22)(H,18,19,21). The number of carbonyl (C=O) groups is 1. The van der Waals surface area contributed by atoms with Crippen LogP contribution in [0.15, 0.2) is 36.9 Å². The third-order valence-corrected chi connectivity index (χ3v) is 2.67. The molecule has 0 fully saturated rings. The van der Waals surface area contributed by atoms with Crippen LogP contribution < -0.4 is 10.6 Å². The van der Waals surface area contributed by atoms with Gasteiger partial charge in [0, 0.05) is 18.3 Å². The summed E-state index contributed by atoms with van der Waals surface area (Å²) in [6.45, 7) is 5.70. The van der Waals surface area contributed by atoms with Crippen molar-refractivity contribution in [3.8, 4) is 0 Å². The van der Waals surface area contributed by atoms with Crippen LogP contribution in [0.25, 0.3) is 0 Å². The lowest BCUT2D eigenvalue weighted by atomic mass is 10.2. The number of aromatic nitrogens is 2. The molecular weight excluding hydrogens is 290 g/mol. The normalized spacial score (nSPS) is 10.1. The third-order valence-electron chi connectivity index (χ3n) is 2.67. The number of anilines is 2. The molecule has 0 saturated carbocycles. The van der Waals surface area contributed by atoms with Crippen LogP contribution in [0.3, 0.4) is 0 Å². The third kappa shape index (κ3) is 3.85. The molecule has 2 aromatic rings. The lowest BCUT2D eigenvalue weighted by molar-refractivity contribution is 0.102. The summed E-state index contributed by atoms with van der Waals surface area (Å²) in [7, 11) is 0. The zero-order valence-corrected chi connectivity index (χ0v) is 11.9. The van der Waals surface area contributed by atoms with E-state index >= 15 is 0 Å². The molecule has 0 aliphatic rings. The van der Waals surface area contributed by atoms with Gasteiger partial charge in [-0.2, -0.15) is 0 Å². The topological polar surface area (TPSA) is 66.9 Å². The fraction of sp³-hybridized carbons (Fsp3) is 0.133. The van der Waals surface area contributed by atoms with Crippen LogP contribution >= 0.6 is 0 Å². The van der Waals surface area contributed by atoms with Crippen LogP contribution in [0.4, 0.5) is 20.4 Å². The highest BCUT2D eigenvalue weighted by molar-refractivity contribution is 6.03. The summed E-state index contributed by atoms with van der Waals surface area (Å²) >= 11 is 0. The molecule has 114 valence electrons. The average Bonchev–Trinajstić information content (AvgIpc) is 2.47. The van der Waals surface area contributed by atoms with Gasteiger partial charge in [-0.25, -0.2) is 18.7 Å². The lowest BCUT2D eigenvalue weighted by Gasteiger charge is -2.08. The van der Waals surface area contributed by atoms with Gasteiger partial charge in [-0.1, -0.05) is 6.08 Å². The Balaban J connectivity index is 2.21. The van der Waals surface area contributed by atoms with E-state index < -0.39 is 17.5 Å². The Kier molecular flexibility index (Phi) is 4.77. The van der Waals surface area contributed by atoms with Gasteiger partial charge in [0.05, 0.1) is 5.69 Å². The molecule has 1 heterocycles. The SMILES string of the molecule is C=CCNc1nc(C)cc(C(=O)Nc2ccc(F)cc2F)n1. The van der Waals surface area contributed by atoms with E-state index in [9.17, 15) is 13.6 Å². The molecule has 7 heteroatoms. The van der Waals surface area contributed by atoms with Crippen molar-refractivity contribution in [1.82, 2.24) is 9.97 Å². The molecule has 2 rings (SSSR count). The van der Waals surface area contributed by atoms with Crippen molar-refractivity contribution in [3.63, 3.8) is 0 Å². The van der Waals surface area contributed by atoms with Gasteiger partial charge in [0.25, 0.3) is 5.91 Å². The largest absolute Gasteiger partial charge is 0.351 e. The summed E-state index contributed by atoms with van der Waals surface area (Å²) in [4.78, 5) is 20.3. The first-order valence-electron chi connectivity index (χ1n) is 6.46. The van der Waals surface area contributed by atoms with Gasteiger partial charge in [0.2, 0.25) is 5.95 Å². The van der Waals surface area contributed by atoms with Crippen molar-refractivity contribution < 1.29 is 13.6 Å². The Labute approximate surface area is 126 Å². The van der Waals surface area contributed by atoms with E-state index in [1.54, 1.807) is 13.0 Å². The molecule has 2 N–H and O–H groups in total. The zero-order chi connectivity index (χ0) is 16.1. The molecule has 0 saturated heterocycles. The van der Waals surface area contributed by atoms with E-state index in [1.165, 1.54) is 6.07 Å². The van der Waals surface area contributed by atoms with Crippen molar-refractivity contribution >= 4 is 17.5 Å². The quantitative estimate of drug-likeness (QED) is 0.834. The fourth-order valence-electron chi connectivity index (χ4n) is 1.70. The van der Waals surface area contributed by atoms with Crippen LogP contribution in [0.2, 0.25) is 0 Å². The second kappa shape index (κ2) is 6.75. The molecule has 0 radical (unpaired) electrons. The van der Waals surface area contributed by atoms with Crippen molar-refractivity contribution in [2.45, 2.75) is 6.92 Å². The molecule has 1 aromatic carbocycles. The number of halogens is 2. The van der Waals surface area contributed by atoms with Gasteiger partial charge in [-0.15, -0.1) is 6.58 Å². The number of benzene rings is 1. The highest BCUT2D eigenvalue weighted by atomic mass is 19.1. The van der Waals surface area contributed by atoms with Crippen molar-refractivity contribution in [3.05, 3.63) is 59.9 Å². The van der Waals surface area contributed by atoms with Crippen molar-refractivity contribution in [2.75, 3.05) is 17.2 Å². The molecule has 0 atom stereocenters. The molecule has 0 bridgehead atoms. The summed E-state index contributed by atoms with van der Waals surface area (Å²) in [5.41, 5.74) is 0.525. The maximum absolute atomic E-state index is 13.5. The first-order chi connectivity index (χ1) is 10.5. The molecule has 22 heavy (non-hydrogen) atoms. The monoisotopic (exact) mass is 304 g/mol. The molecular formula is C15H14F2N4O. The Morgan fingerprint density at radius 2 is 2.09 bits per heavy atom. The minimum absolute atomic E-state index is 0.0720. The smallest absolute Gasteiger partial charge is 0.274 e. The van der Waals surface area contributed by atoms with Crippen molar-refractivity contribution in [1.29, 1.82) is 0 Å². The Morgan fingerprint density at radius 3 is 2.77 bits per heavy atom. The Morgan fingerprint density at radius 1 is 1.32 bits per heavy atom. The predicted octanol–water partition coefficient (Wildman–Crippen LogP) is 2.91. The highest BCUT2D eigenvalue weighted by Crippen LogP contribution is 2.16. The van der Waals surface area contributed by atoms with Crippen LogP contribution in [0.5, 0.6) is 0 Å². The second-order valence-electron chi connectivity index (χ2n) is 4.47. The van der Waals surface area contributed by atoms with Crippen molar-refractivity contribution in [2.24, 2.45) is 0 Å². The lowest BCUT2D eigenvalue weighted by Crippen LogP contribution is -2.17. The van der Waals surface area contributed by atoms with Gasteiger partial charge in [0.15, 0.2) is 0 Å². The van der Waals surface area contributed by atoms with E-state index in [0.29, 0.717) is 18.3 Å². The van der Waals surface area contributed by atoms with E-state index in [-0.39, 0.29) is 17.3 Å². The Hall–Kier alpha value is -2.83. The summed E-state index contributed by atoms with van der Waals surface area (Å²) in [5, 5.41) is 5.21. The summed E-state index contributed by atoms with van der Waals surface area (Å²) in [5.74, 6) is -1.92. The number of nitrogens with one attached hydrogen (secondary N) is 2. The first kappa shape index (κ1) is 15.6. The van der Waals surface area contributed by atoms with Gasteiger partial charge < -0.3 is 10.6 Å². The van der Waals surface area contributed by atoms with Gasteiger partial charge in [-0.3, -0.25) is 4.79 Å². The van der Waals surface area contributed by atoms with E-state index in [1.807, 2.05) is 0 Å². The van der Waals surface area contributed by atoms with E-state index in [0.717, 1.165) is 12.1 Å². The minimum Gasteiger partial charge on any atom is -0.351 e. The Bertz CT molecular complexity index is 719.